The lowest BCUT2D eigenvalue weighted by molar-refractivity contribution is -0.120. The quantitative estimate of drug-likeness (QED) is 0.539. The van der Waals surface area contributed by atoms with Gasteiger partial charge in [0.1, 0.15) is 4.99 Å². The van der Waals surface area contributed by atoms with Crippen molar-refractivity contribution in [3.8, 4) is 0 Å². The molecule has 4 nitrogen and oxygen atoms in total. The standard InChI is InChI=1S/C16H22N2O2S/c17-16(21)14-6-4-12(5-7-14)10-15(19)18-8-1-9-20-11-13-2-3-13/h4-7,13H,1-3,8-11H2,(H2,17,21)(H,18,19). The minimum absolute atomic E-state index is 0.0280. The van der Waals surface area contributed by atoms with E-state index in [0.717, 1.165) is 36.7 Å². The number of ether oxygens (including phenoxy) is 1. The van der Waals surface area contributed by atoms with Crippen LogP contribution in [0.1, 0.15) is 30.4 Å². The molecule has 1 fully saturated rings. The summed E-state index contributed by atoms with van der Waals surface area (Å²) < 4.78 is 5.52. The van der Waals surface area contributed by atoms with Crippen molar-refractivity contribution in [2.24, 2.45) is 11.7 Å². The molecule has 0 radical (unpaired) electrons. The van der Waals surface area contributed by atoms with E-state index in [1.807, 2.05) is 24.3 Å². The Morgan fingerprint density at radius 2 is 2.05 bits per heavy atom. The predicted octanol–water partition coefficient (Wildman–Crippen LogP) is 1.80. The SMILES string of the molecule is NC(=S)c1ccc(CC(=O)NCCCOCC2CC2)cc1. The van der Waals surface area contributed by atoms with Crippen LogP contribution in [0.15, 0.2) is 24.3 Å². The fourth-order valence-corrected chi connectivity index (χ4v) is 2.11. The summed E-state index contributed by atoms with van der Waals surface area (Å²) in [5, 5.41) is 2.90. The first-order valence-electron chi connectivity index (χ1n) is 7.38. The lowest BCUT2D eigenvalue weighted by Gasteiger charge is -2.06. The number of nitrogens with two attached hydrogens (primary N) is 1. The van der Waals surface area contributed by atoms with Gasteiger partial charge in [-0.15, -0.1) is 0 Å². The van der Waals surface area contributed by atoms with E-state index in [1.54, 1.807) is 0 Å². The zero-order chi connectivity index (χ0) is 15.1. The summed E-state index contributed by atoms with van der Waals surface area (Å²) in [5.41, 5.74) is 7.31. The van der Waals surface area contributed by atoms with Crippen LogP contribution < -0.4 is 11.1 Å². The highest BCUT2D eigenvalue weighted by molar-refractivity contribution is 7.80. The van der Waals surface area contributed by atoms with Gasteiger partial charge in [0.25, 0.3) is 0 Å². The largest absolute Gasteiger partial charge is 0.389 e. The minimum Gasteiger partial charge on any atom is -0.389 e. The number of carbonyl (C=O) groups excluding carboxylic acids is 1. The van der Waals surface area contributed by atoms with Gasteiger partial charge in [0.15, 0.2) is 0 Å². The molecule has 0 atom stereocenters. The highest BCUT2D eigenvalue weighted by Gasteiger charge is 2.20. The zero-order valence-corrected chi connectivity index (χ0v) is 13.0. The molecule has 21 heavy (non-hydrogen) atoms. The number of hydrogen-bond acceptors (Lipinski definition) is 3. The van der Waals surface area contributed by atoms with Crippen molar-refractivity contribution in [2.75, 3.05) is 19.8 Å². The van der Waals surface area contributed by atoms with Gasteiger partial charge in [-0.05, 0) is 30.7 Å². The molecule has 0 spiro atoms. The van der Waals surface area contributed by atoms with E-state index in [4.69, 9.17) is 22.7 Å². The number of carbonyl (C=O) groups is 1. The van der Waals surface area contributed by atoms with Crippen LogP contribution in [0.25, 0.3) is 0 Å². The molecule has 1 aliphatic rings. The Labute approximate surface area is 131 Å². The second-order valence-corrected chi connectivity index (χ2v) is 5.90. The highest BCUT2D eigenvalue weighted by atomic mass is 32.1. The molecule has 0 unspecified atom stereocenters. The first-order chi connectivity index (χ1) is 10.1. The predicted molar refractivity (Wildman–Crippen MR) is 87.2 cm³/mol. The molecule has 0 saturated heterocycles. The van der Waals surface area contributed by atoms with Crippen molar-refractivity contribution in [3.05, 3.63) is 35.4 Å². The molecule has 5 heteroatoms. The van der Waals surface area contributed by atoms with Crippen molar-refractivity contribution in [1.29, 1.82) is 0 Å². The normalized spacial score (nSPS) is 13.9. The average Bonchev–Trinajstić information content (AvgIpc) is 3.27. The lowest BCUT2D eigenvalue weighted by atomic mass is 10.1. The Bertz CT molecular complexity index is 484. The van der Waals surface area contributed by atoms with E-state index in [-0.39, 0.29) is 5.91 Å². The molecule has 1 amide bonds. The molecule has 1 aromatic carbocycles. The molecule has 114 valence electrons. The van der Waals surface area contributed by atoms with E-state index < -0.39 is 0 Å². The smallest absolute Gasteiger partial charge is 0.224 e. The van der Waals surface area contributed by atoms with Crippen LogP contribution in [0.4, 0.5) is 0 Å². The molecule has 3 N–H and O–H groups in total. The molecule has 0 heterocycles. The Morgan fingerprint density at radius 3 is 2.67 bits per heavy atom. The van der Waals surface area contributed by atoms with E-state index in [1.165, 1.54) is 12.8 Å². The lowest BCUT2D eigenvalue weighted by Crippen LogP contribution is -2.26. The van der Waals surface area contributed by atoms with Gasteiger partial charge in [-0.1, -0.05) is 36.5 Å². The summed E-state index contributed by atoms with van der Waals surface area (Å²) in [6.45, 7) is 2.26. The molecule has 1 aliphatic carbocycles. The Morgan fingerprint density at radius 1 is 1.33 bits per heavy atom. The molecular weight excluding hydrogens is 284 g/mol. The molecule has 2 rings (SSSR count). The maximum atomic E-state index is 11.8. The molecule has 0 aromatic heterocycles. The third kappa shape index (κ3) is 6.23. The van der Waals surface area contributed by atoms with Crippen LogP contribution >= 0.6 is 12.2 Å². The zero-order valence-electron chi connectivity index (χ0n) is 12.1. The van der Waals surface area contributed by atoms with Crippen LogP contribution in [-0.4, -0.2) is 30.7 Å². The van der Waals surface area contributed by atoms with Crippen molar-refractivity contribution in [2.45, 2.75) is 25.7 Å². The fourth-order valence-electron chi connectivity index (χ4n) is 1.97. The van der Waals surface area contributed by atoms with E-state index in [2.05, 4.69) is 5.32 Å². The van der Waals surface area contributed by atoms with Crippen LogP contribution in [0.3, 0.4) is 0 Å². The van der Waals surface area contributed by atoms with Gasteiger partial charge in [0, 0.05) is 25.3 Å². The number of hydrogen-bond donors (Lipinski definition) is 2. The number of rotatable bonds is 9. The number of benzene rings is 1. The van der Waals surface area contributed by atoms with Gasteiger partial charge in [-0.25, -0.2) is 0 Å². The van der Waals surface area contributed by atoms with E-state index in [9.17, 15) is 4.79 Å². The third-order valence-electron chi connectivity index (χ3n) is 3.44. The van der Waals surface area contributed by atoms with Gasteiger partial charge in [0.05, 0.1) is 6.42 Å². The molecule has 1 saturated carbocycles. The van der Waals surface area contributed by atoms with Crippen LogP contribution in [0, 0.1) is 5.92 Å². The maximum Gasteiger partial charge on any atom is 0.224 e. The number of nitrogens with one attached hydrogen (secondary N) is 1. The Balaban J connectivity index is 1.58. The number of thiocarbonyl (C=S) groups is 1. The van der Waals surface area contributed by atoms with Gasteiger partial charge in [-0.2, -0.15) is 0 Å². The summed E-state index contributed by atoms with van der Waals surface area (Å²) in [6, 6.07) is 7.45. The summed E-state index contributed by atoms with van der Waals surface area (Å²) in [6.07, 6.45) is 3.86. The highest BCUT2D eigenvalue weighted by Crippen LogP contribution is 2.28. The van der Waals surface area contributed by atoms with Gasteiger partial charge in [0.2, 0.25) is 5.91 Å². The second-order valence-electron chi connectivity index (χ2n) is 5.46. The van der Waals surface area contributed by atoms with Crippen LogP contribution in [0.5, 0.6) is 0 Å². The number of amides is 1. The topological polar surface area (TPSA) is 64.4 Å². The molecule has 0 aliphatic heterocycles. The average molecular weight is 306 g/mol. The molecular formula is C16H22N2O2S. The molecule has 0 bridgehead atoms. The van der Waals surface area contributed by atoms with Crippen LogP contribution in [0.2, 0.25) is 0 Å². The summed E-state index contributed by atoms with van der Waals surface area (Å²) in [7, 11) is 0. The van der Waals surface area contributed by atoms with Gasteiger partial charge >= 0.3 is 0 Å². The maximum absolute atomic E-state index is 11.8. The van der Waals surface area contributed by atoms with Gasteiger partial charge in [-0.3, -0.25) is 4.79 Å². The monoisotopic (exact) mass is 306 g/mol. The summed E-state index contributed by atoms with van der Waals surface area (Å²) in [5.74, 6) is 0.823. The Kier molecular flexibility index (Phi) is 6.14. The van der Waals surface area contributed by atoms with Crippen LogP contribution in [-0.2, 0) is 16.0 Å². The fraction of sp³-hybridized carbons (Fsp3) is 0.500. The van der Waals surface area contributed by atoms with E-state index in [0.29, 0.717) is 18.0 Å². The first kappa shape index (κ1) is 15.9. The summed E-state index contributed by atoms with van der Waals surface area (Å²) >= 11 is 4.89. The first-order valence-corrected chi connectivity index (χ1v) is 7.79. The third-order valence-corrected chi connectivity index (χ3v) is 3.68. The van der Waals surface area contributed by atoms with Crippen molar-refractivity contribution < 1.29 is 9.53 Å². The molecule has 1 aromatic rings. The summed E-state index contributed by atoms with van der Waals surface area (Å²) in [4.78, 5) is 12.2. The van der Waals surface area contributed by atoms with Crippen molar-refractivity contribution in [3.63, 3.8) is 0 Å². The van der Waals surface area contributed by atoms with E-state index >= 15 is 0 Å². The van der Waals surface area contributed by atoms with Crippen molar-refractivity contribution >= 4 is 23.1 Å². The Hall–Kier alpha value is -1.46. The van der Waals surface area contributed by atoms with Crippen molar-refractivity contribution in [1.82, 2.24) is 5.32 Å². The van der Waals surface area contributed by atoms with Gasteiger partial charge < -0.3 is 15.8 Å². The second kappa shape index (κ2) is 8.10. The minimum atomic E-state index is 0.0280.